The molecule has 0 fully saturated rings. The van der Waals surface area contributed by atoms with Crippen molar-refractivity contribution in [2.24, 2.45) is 12.8 Å². The zero-order chi connectivity index (χ0) is 30.7. The highest BCUT2D eigenvalue weighted by Gasteiger charge is 2.27. The maximum Gasteiger partial charge on any atom is 0.339 e. The summed E-state index contributed by atoms with van der Waals surface area (Å²) in [4.78, 5) is 20.2. The second-order valence-corrected chi connectivity index (χ2v) is 10.0. The third-order valence-electron chi connectivity index (χ3n) is 6.09. The highest BCUT2D eigenvalue weighted by Crippen LogP contribution is 2.43. The van der Waals surface area contributed by atoms with Crippen molar-refractivity contribution in [3.8, 4) is 40.4 Å². The first-order valence-electron chi connectivity index (χ1n) is 12.5. The number of nitrogens with zero attached hydrogens (tertiary/aromatic N) is 3. The van der Waals surface area contributed by atoms with E-state index in [2.05, 4.69) is 9.97 Å². The monoisotopic (exact) mass is 603 g/mol. The van der Waals surface area contributed by atoms with Gasteiger partial charge in [-0.15, -0.1) is 0 Å². The molecule has 0 aliphatic carbocycles. The molecule has 43 heavy (non-hydrogen) atoms. The number of hydrogen-bond acceptors (Lipinski definition) is 9. The Morgan fingerprint density at radius 3 is 2.47 bits per heavy atom. The van der Waals surface area contributed by atoms with E-state index in [1.807, 2.05) is 7.05 Å². The van der Waals surface area contributed by atoms with Crippen molar-refractivity contribution in [1.29, 1.82) is 5.41 Å². The normalized spacial score (nSPS) is 10.8. The van der Waals surface area contributed by atoms with Crippen LogP contribution in [0.5, 0.6) is 29.0 Å². The minimum absolute atomic E-state index is 0.0742. The van der Waals surface area contributed by atoms with Gasteiger partial charge in [0.15, 0.2) is 11.5 Å². The predicted molar refractivity (Wildman–Crippen MR) is 154 cm³/mol. The molecule has 0 unspecified atom stereocenters. The van der Waals surface area contributed by atoms with E-state index in [0.29, 0.717) is 23.1 Å². The maximum atomic E-state index is 16.0. The number of nitrogens with one attached hydrogen (secondary N) is 1. The van der Waals surface area contributed by atoms with Crippen LogP contribution in [0.15, 0.2) is 88.9 Å². The van der Waals surface area contributed by atoms with E-state index in [0.717, 1.165) is 0 Å². The molecule has 218 valence electrons. The zero-order valence-electron chi connectivity index (χ0n) is 22.7. The van der Waals surface area contributed by atoms with Crippen molar-refractivity contribution >= 4 is 23.6 Å². The fraction of sp³-hybridized carbons (Fsp3) is 0.0667. The van der Waals surface area contributed by atoms with E-state index in [4.69, 9.17) is 25.4 Å². The fourth-order valence-electron chi connectivity index (χ4n) is 3.97. The summed E-state index contributed by atoms with van der Waals surface area (Å²) in [6.07, 6.45) is 3.39. The number of carbonyl (C=O) groups excluding carboxylic acids is 1. The third kappa shape index (κ3) is 6.11. The van der Waals surface area contributed by atoms with Gasteiger partial charge in [0.1, 0.15) is 17.4 Å². The molecule has 0 bridgehead atoms. The average Bonchev–Trinajstić information content (AvgIpc) is 3.44. The number of carbonyl (C=O) groups is 1. The Bertz CT molecular complexity index is 1860. The average molecular weight is 604 g/mol. The summed E-state index contributed by atoms with van der Waals surface area (Å²) in [7, 11) is 3.00. The number of esters is 1. The Kier molecular flexibility index (Phi) is 8.25. The van der Waals surface area contributed by atoms with Crippen LogP contribution in [0, 0.1) is 17.0 Å². The number of amidine groups is 1. The number of phenolic OH excluding ortho intramolecular Hbond substituents is 1. The van der Waals surface area contributed by atoms with E-state index >= 15 is 8.78 Å². The van der Waals surface area contributed by atoms with Crippen LogP contribution in [0.4, 0.5) is 8.78 Å². The molecule has 0 spiro atoms. The molecule has 3 aromatic carbocycles. The number of rotatable bonds is 9. The maximum absolute atomic E-state index is 16.0. The number of ether oxygens (including phenoxy) is 3. The van der Waals surface area contributed by atoms with Gasteiger partial charge in [-0.05, 0) is 42.5 Å². The van der Waals surface area contributed by atoms with Crippen LogP contribution in [0.1, 0.15) is 15.9 Å². The number of phenols is 1. The Hall–Kier alpha value is -5.43. The number of aryl methyl sites for hydroxylation is 1. The van der Waals surface area contributed by atoms with Gasteiger partial charge in [-0.25, -0.2) is 9.78 Å². The van der Waals surface area contributed by atoms with Crippen LogP contribution in [0.2, 0.25) is 0 Å². The lowest BCUT2D eigenvalue weighted by Crippen LogP contribution is -2.11. The molecule has 0 aliphatic rings. The topological polar surface area (TPSA) is 146 Å². The van der Waals surface area contributed by atoms with E-state index in [-0.39, 0.29) is 33.4 Å². The van der Waals surface area contributed by atoms with Gasteiger partial charge >= 0.3 is 5.97 Å². The minimum Gasteiger partial charge on any atom is -0.504 e. The molecule has 5 aromatic rings. The molecular formula is C30H23F2N5O5S. The number of methoxy groups -OCH3 is 1. The van der Waals surface area contributed by atoms with E-state index in [1.165, 1.54) is 37.4 Å². The van der Waals surface area contributed by atoms with Gasteiger partial charge in [0.05, 0.1) is 17.6 Å². The van der Waals surface area contributed by atoms with E-state index in [9.17, 15) is 9.90 Å². The third-order valence-corrected chi connectivity index (χ3v) is 7.23. The molecule has 0 amide bonds. The van der Waals surface area contributed by atoms with Crippen LogP contribution < -0.4 is 15.2 Å². The van der Waals surface area contributed by atoms with Gasteiger partial charge in [0.2, 0.25) is 11.6 Å². The second-order valence-electron chi connectivity index (χ2n) is 8.96. The zero-order valence-corrected chi connectivity index (χ0v) is 23.5. The number of benzene rings is 3. The number of aromatic nitrogens is 3. The van der Waals surface area contributed by atoms with Crippen LogP contribution in [0.3, 0.4) is 0 Å². The lowest BCUT2D eigenvalue weighted by molar-refractivity contribution is 0.0596. The quantitative estimate of drug-likeness (QED) is 0.101. The van der Waals surface area contributed by atoms with Crippen molar-refractivity contribution in [2.75, 3.05) is 7.11 Å². The Balaban J connectivity index is 1.62. The summed E-state index contributed by atoms with van der Waals surface area (Å²) in [5.74, 6) is -4.74. The standard InChI is InChI=1S/C30H23F2N5O5S/c1-37-13-12-35-27(37)17-6-5-7-18(14-17)41-28-23(31)25(43-22-9-4-3-8-19(22)30(39)40-2)24(32)29(36-28)42-21-15-16(26(33)34)10-11-20(21)38/h3-15,38H,1-2H3,(H3,33,34). The van der Waals surface area contributed by atoms with Gasteiger partial charge < -0.3 is 29.6 Å². The number of nitrogens with two attached hydrogens (primary N) is 1. The summed E-state index contributed by atoms with van der Waals surface area (Å²) in [6, 6.07) is 16.5. The highest BCUT2D eigenvalue weighted by molar-refractivity contribution is 7.99. The molecule has 0 atom stereocenters. The second kappa shape index (κ2) is 12.2. The smallest absolute Gasteiger partial charge is 0.339 e. The summed E-state index contributed by atoms with van der Waals surface area (Å²) < 4.78 is 49.9. The van der Waals surface area contributed by atoms with Crippen molar-refractivity contribution in [1.82, 2.24) is 14.5 Å². The van der Waals surface area contributed by atoms with Crippen LogP contribution in [0.25, 0.3) is 11.4 Å². The van der Waals surface area contributed by atoms with Crippen molar-refractivity contribution in [3.63, 3.8) is 0 Å². The van der Waals surface area contributed by atoms with Gasteiger partial charge in [-0.1, -0.05) is 36.0 Å². The minimum atomic E-state index is -1.23. The summed E-state index contributed by atoms with van der Waals surface area (Å²) >= 11 is 0.595. The molecule has 5 rings (SSSR count). The van der Waals surface area contributed by atoms with Crippen molar-refractivity contribution in [2.45, 2.75) is 9.79 Å². The predicted octanol–water partition coefficient (Wildman–Crippen LogP) is 6.27. The molecule has 0 aliphatic heterocycles. The number of halogens is 2. The summed E-state index contributed by atoms with van der Waals surface area (Å²) in [6.45, 7) is 0. The first-order valence-corrected chi connectivity index (χ1v) is 13.3. The Labute approximate surface area is 248 Å². The van der Waals surface area contributed by atoms with Gasteiger partial charge in [0.25, 0.3) is 11.8 Å². The van der Waals surface area contributed by atoms with Gasteiger partial charge in [-0.2, -0.15) is 13.8 Å². The molecule has 10 nitrogen and oxygen atoms in total. The largest absolute Gasteiger partial charge is 0.504 e. The van der Waals surface area contributed by atoms with Crippen LogP contribution in [-0.2, 0) is 11.8 Å². The van der Waals surface area contributed by atoms with Crippen LogP contribution in [-0.4, -0.2) is 38.6 Å². The number of pyridine rings is 1. The lowest BCUT2D eigenvalue weighted by atomic mass is 10.2. The molecule has 0 radical (unpaired) electrons. The lowest BCUT2D eigenvalue weighted by Gasteiger charge is -2.15. The summed E-state index contributed by atoms with van der Waals surface area (Å²) in [5, 5.41) is 18.0. The Morgan fingerprint density at radius 1 is 1.02 bits per heavy atom. The highest BCUT2D eigenvalue weighted by atomic mass is 32.2. The van der Waals surface area contributed by atoms with Crippen molar-refractivity contribution in [3.05, 3.63) is 102 Å². The molecule has 2 heterocycles. The van der Waals surface area contributed by atoms with Crippen LogP contribution >= 0.6 is 11.8 Å². The first kappa shape index (κ1) is 29.1. The summed E-state index contributed by atoms with van der Waals surface area (Å²) in [5.41, 5.74) is 6.46. The number of imidazole rings is 1. The van der Waals surface area contributed by atoms with Crippen molar-refractivity contribution < 1.29 is 32.9 Å². The van der Waals surface area contributed by atoms with Gasteiger partial charge in [0, 0.05) is 35.5 Å². The van der Waals surface area contributed by atoms with E-state index < -0.39 is 40.0 Å². The van der Waals surface area contributed by atoms with E-state index in [1.54, 1.807) is 53.4 Å². The molecule has 13 heteroatoms. The molecule has 2 aromatic heterocycles. The van der Waals surface area contributed by atoms with Gasteiger partial charge in [-0.3, -0.25) is 5.41 Å². The number of nitrogen functional groups attached to an aromatic ring is 1. The fourth-order valence-corrected chi connectivity index (χ4v) is 4.95. The number of hydrogen-bond donors (Lipinski definition) is 3. The first-order chi connectivity index (χ1) is 20.7. The molecular weight excluding hydrogens is 580 g/mol. The molecule has 4 N–H and O–H groups in total. The molecule has 0 saturated carbocycles. The number of aromatic hydroxyl groups is 1. The molecule has 0 saturated heterocycles. The Morgan fingerprint density at radius 2 is 1.77 bits per heavy atom. The SMILES string of the molecule is COC(=O)c1ccccc1Sc1c(F)c(Oc2cccc(-c3nccn3C)c2)nc(Oc2cc(C(=N)N)ccc2O)c1F.